The second kappa shape index (κ2) is 20.1. The summed E-state index contributed by atoms with van der Waals surface area (Å²) in [5.41, 5.74) is 0.902. The molecule has 23 heteroatoms. The van der Waals surface area contributed by atoms with Gasteiger partial charge in [-0.15, -0.1) is 0 Å². The molecular weight excluding hydrogens is 1010 g/mol. The van der Waals surface area contributed by atoms with Crippen LogP contribution in [-0.4, -0.2) is 78.6 Å². The maximum Gasteiger partial charge on any atom is 0.416 e. The number of rotatable bonds is 14. The Balaban J connectivity index is 0.992. The van der Waals surface area contributed by atoms with E-state index in [1.807, 2.05) is 12.1 Å². The third kappa shape index (κ3) is 10.8. The van der Waals surface area contributed by atoms with Crippen molar-refractivity contribution in [2.45, 2.75) is 50.2 Å². The number of carbonyl (C=O) groups excluding carboxylic acids is 4. The molecule has 16 nitrogen and oxygen atoms in total. The molecule has 4 aromatic carbocycles. The number of hydrogen-bond donors (Lipinski definition) is 3. The van der Waals surface area contributed by atoms with Crippen LogP contribution in [0.15, 0.2) is 138 Å². The maximum atomic E-state index is 14.5. The summed E-state index contributed by atoms with van der Waals surface area (Å²) in [4.78, 5) is 61.7. The molecule has 0 saturated heterocycles. The molecule has 0 spiro atoms. The summed E-state index contributed by atoms with van der Waals surface area (Å²) in [5.74, 6) is -1.61. The molecule has 4 aliphatic heterocycles. The van der Waals surface area contributed by atoms with Gasteiger partial charge in [-0.1, -0.05) is 36.4 Å². The van der Waals surface area contributed by atoms with Crippen molar-refractivity contribution in [3.63, 3.8) is 0 Å². The number of hydrogen-bond acceptors (Lipinski definition) is 8. The molecule has 1 aromatic heterocycles. The van der Waals surface area contributed by atoms with Gasteiger partial charge in [-0.25, -0.2) is 14.2 Å². The fourth-order valence-corrected chi connectivity index (χ4v) is 10.2. The highest BCUT2D eigenvalue weighted by atomic mass is 32.2. The topological polar surface area (TPSA) is 211 Å². The summed E-state index contributed by atoms with van der Waals surface area (Å²) in [6.07, 6.45) is -5.80. The van der Waals surface area contributed by atoms with Gasteiger partial charge in [-0.3, -0.25) is 23.9 Å². The van der Waals surface area contributed by atoms with Gasteiger partial charge < -0.3 is 20.4 Å². The van der Waals surface area contributed by atoms with Gasteiger partial charge in [0.15, 0.2) is 12.4 Å². The van der Waals surface area contributed by atoms with Crippen molar-refractivity contribution in [3.05, 3.63) is 183 Å². The Labute approximate surface area is 424 Å². The molecule has 0 aliphatic carbocycles. The molecule has 75 heavy (non-hydrogen) atoms. The largest absolute Gasteiger partial charge is 0.416 e. The highest BCUT2D eigenvalue weighted by Crippen LogP contribution is 2.42. The van der Waals surface area contributed by atoms with E-state index < -0.39 is 75.3 Å². The molecular formula is C52H42F6N9O7S+. The van der Waals surface area contributed by atoms with Crippen molar-refractivity contribution >= 4 is 45.4 Å². The smallest absolute Gasteiger partial charge is 0.333 e. The Bertz CT molecular complexity index is 3220. The number of anilines is 2. The lowest BCUT2D eigenvalue weighted by molar-refractivity contribution is -0.697. The first kappa shape index (κ1) is 51.4. The minimum atomic E-state index is -4.74. The van der Waals surface area contributed by atoms with E-state index >= 15 is 0 Å². The summed E-state index contributed by atoms with van der Waals surface area (Å²) in [5, 5.41) is 24.3. The van der Waals surface area contributed by atoms with Crippen LogP contribution in [0.2, 0.25) is 0 Å². The molecule has 3 N–H and O–H groups in total. The number of benzene rings is 4. The third-order valence-electron chi connectivity index (χ3n) is 13.2. The highest BCUT2D eigenvalue weighted by Gasteiger charge is 2.47. The average molecular weight is 1050 g/mol. The molecule has 5 aromatic rings. The van der Waals surface area contributed by atoms with Crippen LogP contribution >= 0.6 is 0 Å². The Morgan fingerprint density at radius 2 is 1.04 bits per heavy atom. The van der Waals surface area contributed by atoms with E-state index in [2.05, 4.69) is 10.6 Å². The van der Waals surface area contributed by atoms with Gasteiger partial charge in [0.05, 0.1) is 99.2 Å². The van der Waals surface area contributed by atoms with E-state index in [0.717, 1.165) is 46.2 Å². The van der Waals surface area contributed by atoms with Crippen molar-refractivity contribution in [2.75, 3.05) is 41.7 Å². The fraction of sp³-hybridized carbons (Fsp3) is 0.250. The van der Waals surface area contributed by atoms with Crippen molar-refractivity contribution in [3.8, 4) is 12.1 Å². The van der Waals surface area contributed by atoms with Gasteiger partial charge in [-0.2, -0.15) is 45.3 Å². The monoisotopic (exact) mass is 1050 g/mol. The van der Waals surface area contributed by atoms with Crippen LogP contribution in [0.1, 0.15) is 63.0 Å². The predicted octanol–water partition coefficient (Wildman–Crippen LogP) is 7.25. The number of nitriles is 2. The molecule has 0 saturated carbocycles. The van der Waals surface area contributed by atoms with Crippen LogP contribution in [0.25, 0.3) is 0 Å². The average Bonchev–Trinajstić information content (AvgIpc) is 3.88. The lowest BCUT2D eigenvalue weighted by Crippen LogP contribution is -2.47. The minimum Gasteiger partial charge on any atom is -0.333 e. The van der Waals surface area contributed by atoms with Crippen LogP contribution in [0.3, 0.4) is 0 Å². The lowest BCUT2D eigenvalue weighted by atomic mass is 9.94. The number of pyridine rings is 1. The Morgan fingerprint density at radius 1 is 0.627 bits per heavy atom. The van der Waals surface area contributed by atoms with Crippen molar-refractivity contribution < 1.29 is 63.1 Å². The van der Waals surface area contributed by atoms with Crippen LogP contribution < -0.4 is 25.0 Å². The van der Waals surface area contributed by atoms with Crippen LogP contribution in [0.5, 0.6) is 0 Å². The molecule has 6 amide bonds. The first-order valence-corrected chi connectivity index (χ1v) is 24.8. The Kier molecular flexibility index (Phi) is 13.7. The quantitative estimate of drug-likeness (QED) is 0.0580. The number of nitrogens with one attached hydrogen (secondary N) is 2. The molecule has 9 rings (SSSR count). The van der Waals surface area contributed by atoms with Crippen LogP contribution in [0, 0.1) is 22.7 Å². The van der Waals surface area contributed by atoms with E-state index in [0.29, 0.717) is 33.4 Å². The summed E-state index contributed by atoms with van der Waals surface area (Å²) < 4.78 is 118. The molecule has 4 aliphatic rings. The Hall–Kier alpha value is -8.54. The zero-order valence-corrected chi connectivity index (χ0v) is 40.0. The molecule has 0 radical (unpaired) electrons. The van der Waals surface area contributed by atoms with Crippen molar-refractivity contribution in [2.24, 2.45) is 0 Å². The van der Waals surface area contributed by atoms with E-state index in [1.54, 1.807) is 47.3 Å². The van der Waals surface area contributed by atoms with Gasteiger partial charge in [0.2, 0.25) is 0 Å². The van der Waals surface area contributed by atoms with Gasteiger partial charge in [0, 0.05) is 30.6 Å². The number of aromatic nitrogens is 1. The molecule has 0 bridgehead atoms. The van der Waals surface area contributed by atoms with E-state index in [4.69, 9.17) is 0 Å². The van der Waals surface area contributed by atoms with Gasteiger partial charge in [0.1, 0.15) is 6.54 Å². The summed E-state index contributed by atoms with van der Waals surface area (Å²) in [6.45, 7) is -0.266. The van der Waals surface area contributed by atoms with E-state index in [-0.39, 0.29) is 85.9 Å². The van der Waals surface area contributed by atoms with Crippen molar-refractivity contribution in [1.82, 2.24) is 20.4 Å². The molecule has 0 unspecified atom stereocenters. The SMILES string of the molecule is N#Cc1ccc([C@H]2NC(=O)N(c3cccc(C(F)(F)F)c3)C3=C2C(=O)N(CCc2cc(CCN4CC5=C(C4=O)[C@@H](c4ccc(C#N)cc4)NC(=O)N5c4cccc(C(F)(F)F)c4)c[n+](CCCS(=O)(=O)O)c2)C3)cc1. The molecule has 384 valence electrons. The Morgan fingerprint density at radius 3 is 1.41 bits per heavy atom. The normalized spacial score (nSPS) is 18.0. The number of halogens is 6. The molecule has 5 heterocycles. The number of carbonyl (C=O) groups is 4. The second-order valence-electron chi connectivity index (χ2n) is 18.1. The first-order chi connectivity index (χ1) is 35.6. The second-order valence-corrected chi connectivity index (χ2v) is 19.7. The minimum absolute atomic E-state index is 0.00933. The zero-order chi connectivity index (χ0) is 53.6. The maximum absolute atomic E-state index is 14.5. The summed E-state index contributed by atoms with van der Waals surface area (Å²) >= 11 is 0. The van der Waals surface area contributed by atoms with E-state index in [9.17, 15) is 69.0 Å². The molecule has 0 fully saturated rings. The number of urea groups is 2. The third-order valence-corrected chi connectivity index (χ3v) is 14.0. The standard InChI is InChI=1S/C52H41F6N9O7S/c53-51(54,55)37-4-1-6-39(23-37)66-41-29-64(47(68)43(41)45(61-49(66)70)35-12-8-31(25-59)9-13-35)19-16-33-22-34(28-63(27-33)18-3-21-75(72,73)74)17-20-65-30-42-44(48(65)69)46(36-14-10-32(26-60)11-15-36)62-50(71)67(42)40-7-2-5-38(24-40)52(56,57)58/h1-2,4-15,22-24,27-28,45-46H,3,16-21,29-30H2,(H2-,61,62,70,71,72,73,74)/p+1/t45-,46-/m1/s1. The number of amides is 6. The number of alkyl halides is 6. The predicted molar refractivity (Wildman–Crippen MR) is 255 cm³/mol. The lowest BCUT2D eigenvalue weighted by Gasteiger charge is -2.34. The van der Waals surface area contributed by atoms with Crippen molar-refractivity contribution in [1.29, 1.82) is 10.5 Å². The number of nitrogens with zero attached hydrogens (tertiary/aromatic N) is 7. The first-order valence-electron chi connectivity index (χ1n) is 23.2. The summed E-state index contributed by atoms with van der Waals surface area (Å²) in [7, 11) is -4.34. The van der Waals surface area contributed by atoms with Crippen LogP contribution in [0.4, 0.5) is 47.3 Å². The van der Waals surface area contributed by atoms with Crippen LogP contribution in [-0.2, 0) is 51.4 Å². The van der Waals surface area contributed by atoms with Gasteiger partial charge >= 0.3 is 24.4 Å². The summed E-state index contributed by atoms with van der Waals surface area (Å²) in [6, 6.07) is 22.7. The fourth-order valence-electron chi connectivity index (χ4n) is 9.68. The highest BCUT2D eigenvalue weighted by molar-refractivity contribution is 7.85. The van der Waals surface area contributed by atoms with Gasteiger partial charge in [0.25, 0.3) is 21.9 Å². The van der Waals surface area contributed by atoms with E-state index in [1.165, 1.54) is 46.2 Å². The number of aryl methyl sites for hydroxylation is 1. The molecule has 2 atom stereocenters. The van der Waals surface area contributed by atoms with Gasteiger partial charge in [-0.05, 0) is 90.7 Å². The zero-order valence-electron chi connectivity index (χ0n) is 39.2.